The van der Waals surface area contributed by atoms with Crippen molar-refractivity contribution in [3.8, 4) is 0 Å². The molecule has 0 saturated heterocycles. The van der Waals surface area contributed by atoms with E-state index in [-0.39, 0.29) is 63.2 Å². The first-order valence-corrected chi connectivity index (χ1v) is 13.2. The molecule has 0 amide bonds. The fourth-order valence-electron chi connectivity index (χ4n) is 0.393. The first kappa shape index (κ1) is 23.9. The van der Waals surface area contributed by atoms with Crippen LogP contribution < -0.4 is 0 Å². The Kier molecular flexibility index (Phi) is 38.1. The van der Waals surface area contributed by atoms with Crippen molar-refractivity contribution < 1.29 is 95.6 Å². The molecule has 12 heavy (non-hydrogen) atoms. The van der Waals surface area contributed by atoms with Crippen LogP contribution in [0.2, 0.25) is 0 Å². The maximum atomic E-state index is 6.94. The molecule has 0 atom stereocenters. The maximum absolute atomic E-state index is 6.94. The van der Waals surface area contributed by atoms with Gasteiger partial charge in [0.2, 0.25) is 0 Å². The van der Waals surface area contributed by atoms with E-state index in [4.69, 9.17) is 5.73 Å². The molecule has 66 valence electrons. The normalized spacial score (nSPS) is 5.33. The molecule has 1 aromatic rings. The van der Waals surface area contributed by atoms with Crippen molar-refractivity contribution in [1.29, 1.82) is 0 Å². The SMILES string of the molecule is [NH-]c1[c-]cccc1.[W].[W].[W].[W]=[W]. The van der Waals surface area contributed by atoms with Crippen molar-refractivity contribution >= 4 is 5.69 Å². The first-order chi connectivity index (χ1) is 4.39. The van der Waals surface area contributed by atoms with Crippen LogP contribution in [0, 0.1) is 6.07 Å². The van der Waals surface area contributed by atoms with Gasteiger partial charge in [0.05, 0.1) is 0 Å². The van der Waals surface area contributed by atoms with Crippen LogP contribution in [-0.2, 0) is 95.6 Å². The summed E-state index contributed by atoms with van der Waals surface area (Å²) in [7, 11) is 0. The van der Waals surface area contributed by atoms with Crippen molar-refractivity contribution in [2.45, 2.75) is 0 Å². The molecule has 0 aromatic heterocycles. The molecule has 0 aliphatic carbocycles. The third-order valence-electron chi connectivity index (χ3n) is 0.709. The second-order valence-corrected chi connectivity index (χ2v) is 1.28. The van der Waals surface area contributed by atoms with Crippen LogP contribution in [0.25, 0.3) is 5.73 Å². The van der Waals surface area contributed by atoms with Gasteiger partial charge in [0, 0.05) is 63.2 Å². The quantitative estimate of drug-likeness (QED) is 0.357. The molecule has 1 nitrogen and oxygen atoms in total. The molecule has 0 aliphatic heterocycles. The van der Waals surface area contributed by atoms with Crippen LogP contribution >= 0.6 is 0 Å². The predicted octanol–water partition coefficient (Wildman–Crippen LogP) is 2.16. The summed E-state index contributed by atoms with van der Waals surface area (Å²) in [5.74, 6) is 0. The summed E-state index contributed by atoms with van der Waals surface area (Å²) >= 11 is 3.33. The molecular weight excluding hydrogens is 1010 g/mol. The van der Waals surface area contributed by atoms with Gasteiger partial charge in [0.1, 0.15) is 0 Å². The average Bonchev–Trinajstić information content (AvgIpc) is 1.94. The first-order valence-electron chi connectivity index (χ1n) is 2.24. The number of hydrogen-bond acceptors (Lipinski definition) is 0. The van der Waals surface area contributed by atoms with Crippen molar-refractivity contribution in [2.24, 2.45) is 0 Å². The second kappa shape index (κ2) is 19.1. The molecule has 0 saturated carbocycles. The van der Waals surface area contributed by atoms with Crippen LogP contribution in [0.4, 0.5) is 5.69 Å². The number of hydrogen-bond donors (Lipinski definition) is 0. The fraction of sp³-hybridized carbons (Fsp3) is 0. The zero-order chi connectivity index (χ0) is 7.11. The number of nitrogens with one attached hydrogen (secondary N) is 1. The summed E-state index contributed by atoms with van der Waals surface area (Å²) in [5, 5.41) is 0. The number of benzene rings is 1. The molecule has 0 bridgehead atoms. The molecule has 0 spiro atoms. The Labute approximate surface area is 135 Å². The second-order valence-electron chi connectivity index (χ2n) is 1.28. The summed E-state index contributed by atoms with van der Waals surface area (Å²) in [4.78, 5) is 0. The summed E-state index contributed by atoms with van der Waals surface area (Å²) < 4.78 is 0. The summed E-state index contributed by atoms with van der Waals surface area (Å²) in [6, 6.07) is 9.78. The Morgan fingerprint density at radius 1 is 1.08 bits per heavy atom. The van der Waals surface area contributed by atoms with E-state index in [1.165, 1.54) is 0 Å². The molecule has 0 radical (unpaired) electrons. The van der Waals surface area contributed by atoms with E-state index in [9.17, 15) is 0 Å². The van der Waals surface area contributed by atoms with Crippen LogP contribution in [0.1, 0.15) is 0 Å². The van der Waals surface area contributed by atoms with Gasteiger partial charge in [-0.15, -0.1) is 0 Å². The van der Waals surface area contributed by atoms with Gasteiger partial charge in [0.15, 0.2) is 0 Å². The summed E-state index contributed by atoms with van der Waals surface area (Å²) in [5.41, 5.74) is 7.39. The van der Waals surface area contributed by atoms with Gasteiger partial charge in [-0.1, -0.05) is 0 Å². The minimum absolute atomic E-state index is 0. The standard InChI is InChI=1S/C6H5N.5W/c7-6-4-2-1-3-5-6;;;;;/h1-4,7H;;;;;/q-2;;;;;. The third-order valence-corrected chi connectivity index (χ3v) is 0.709. The van der Waals surface area contributed by atoms with E-state index >= 15 is 0 Å². The fourth-order valence-corrected chi connectivity index (χ4v) is 0.393. The van der Waals surface area contributed by atoms with Crippen molar-refractivity contribution in [2.75, 3.05) is 0 Å². The van der Waals surface area contributed by atoms with Crippen molar-refractivity contribution in [3.63, 3.8) is 0 Å². The van der Waals surface area contributed by atoms with Gasteiger partial charge in [-0.2, -0.15) is 24.3 Å². The Hall–Kier alpha value is 2.46. The van der Waals surface area contributed by atoms with E-state index in [0.29, 0.717) is 5.69 Å². The zero-order valence-electron chi connectivity index (χ0n) is 5.85. The average molecular weight is 1010 g/mol. The third kappa shape index (κ3) is 15.0. The van der Waals surface area contributed by atoms with Crippen LogP contribution in [0.5, 0.6) is 0 Å². The molecule has 0 fully saturated rings. The Balaban J connectivity index is -0.0000000600. The molecule has 0 unspecified atom stereocenters. The zero-order valence-corrected chi connectivity index (χ0v) is 20.5. The van der Waals surface area contributed by atoms with E-state index in [1.54, 1.807) is 44.6 Å². The summed E-state index contributed by atoms with van der Waals surface area (Å²) in [6.07, 6.45) is 0. The van der Waals surface area contributed by atoms with E-state index in [0.717, 1.165) is 0 Å². The van der Waals surface area contributed by atoms with Gasteiger partial charge < -0.3 is 5.73 Å². The van der Waals surface area contributed by atoms with Crippen molar-refractivity contribution in [1.82, 2.24) is 0 Å². The monoisotopic (exact) mass is 1010 g/mol. The Bertz CT molecular complexity index is 157. The molecule has 1 N–H and O–H groups in total. The van der Waals surface area contributed by atoms with Gasteiger partial charge in [0.25, 0.3) is 0 Å². The number of rotatable bonds is 0. The molecule has 1 rings (SSSR count). The molecule has 6 heteroatoms. The van der Waals surface area contributed by atoms with E-state index < -0.39 is 0 Å². The Morgan fingerprint density at radius 3 is 1.75 bits per heavy atom. The van der Waals surface area contributed by atoms with Crippen LogP contribution in [0.3, 0.4) is 0 Å². The van der Waals surface area contributed by atoms with Gasteiger partial charge in [-0.05, 0) is 0 Å². The van der Waals surface area contributed by atoms with E-state index in [1.807, 2.05) is 12.1 Å². The Morgan fingerprint density at radius 2 is 1.58 bits per heavy atom. The van der Waals surface area contributed by atoms with Crippen LogP contribution in [-0.4, -0.2) is 0 Å². The predicted molar refractivity (Wildman–Crippen MR) is 29.3 cm³/mol. The molecule has 0 aliphatic rings. The summed E-state index contributed by atoms with van der Waals surface area (Å²) in [6.45, 7) is 0. The van der Waals surface area contributed by atoms with Gasteiger partial charge in [-0.25, -0.2) is 6.07 Å². The van der Waals surface area contributed by atoms with Gasteiger partial charge >= 0.3 is 32.4 Å². The molecular formula is C6H5NW5-2. The minimum atomic E-state index is 0. The topological polar surface area (TPSA) is 23.8 Å². The molecule has 0 heterocycles. The van der Waals surface area contributed by atoms with E-state index in [2.05, 4.69) is 6.07 Å². The van der Waals surface area contributed by atoms with Crippen molar-refractivity contribution in [3.05, 3.63) is 36.1 Å². The molecule has 1 aromatic carbocycles. The van der Waals surface area contributed by atoms with Gasteiger partial charge in [-0.3, -0.25) is 5.69 Å². The van der Waals surface area contributed by atoms with Crippen LogP contribution in [0.15, 0.2) is 24.3 Å².